The maximum atomic E-state index is 11.7. The van der Waals surface area contributed by atoms with E-state index in [-0.39, 0.29) is 18.2 Å². The molecule has 1 saturated carbocycles. The highest BCUT2D eigenvalue weighted by Crippen LogP contribution is 2.39. The quantitative estimate of drug-likeness (QED) is 0.661. The number of amides is 1. The van der Waals surface area contributed by atoms with E-state index in [1.807, 2.05) is 20.8 Å². The first-order valence-electron chi connectivity index (χ1n) is 5.56. The SMILES string of the molecule is CC(C)(C)OC(=O)N1C[C@H]2CC[C@@H](O)[C@H]21. The van der Waals surface area contributed by atoms with Crippen molar-refractivity contribution in [2.75, 3.05) is 6.54 Å². The molecular weight excluding hydrogens is 194 g/mol. The normalized spacial score (nSPS) is 34.7. The number of aliphatic hydroxyl groups is 1. The predicted octanol–water partition coefficient (Wildman–Crippen LogP) is 1.38. The van der Waals surface area contributed by atoms with Crippen LogP contribution in [-0.4, -0.2) is 40.4 Å². The lowest BCUT2D eigenvalue weighted by Crippen LogP contribution is -2.60. The van der Waals surface area contributed by atoms with E-state index in [9.17, 15) is 9.90 Å². The topological polar surface area (TPSA) is 49.8 Å². The van der Waals surface area contributed by atoms with Gasteiger partial charge in [-0.3, -0.25) is 0 Å². The Morgan fingerprint density at radius 3 is 2.60 bits per heavy atom. The van der Waals surface area contributed by atoms with Gasteiger partial charge in [0.15, 0.2) is 0 Å². The summed E-state index contributed by atoms with van der Waals surface area (Å²) in [7, 11) is 0. The molecule has 0 unspecified atom stereocenters. The van der Waals surface area contributed by atoms with Crippen molar-refractivity contribution in [2.45, 2.75) is 51.4 Å². The first-order chi connectivity index (χ1) is 6.88. The molecule has 1 heterocycles. The molecule has 2 rings (SSSR count). The van der Waals surface area contributed by atoms with Gasteiger partial charge in [-0.05, 0) is 39.5 Å². The summed E-state index contributed by atoms with van der Waals surface area (Å²) in [6.07, 6.45) is 1.21. The number of aliphatic hydroxyl groups excluding tert-OH is 1. The molecule has 0 spiro atoms. The number of fused-ring (bicyclic) bond motifs is 1. The Kier molecular flexibility index (Phi) is 2.41. The summed E-state index contributed by atoms with van der Waals surface area (Å²) in [5.74, 6) is 0.493. The van der Waals surface area contributed by atoms with E-state index in [2.05, 4.69) is 0 Å². The maximum absolute atomic E-state index is 11.7. The van der Waals surface area contributed by atoms with Crippen LogP contribution in [0.25, 0.3) is 0 Å². The second kappa shape index (κ2) is 3.37. The average Bonchev–Trinajstić information content (AvgIpc) is 2.21. The van der Waals surface area contributed by atoms with Crippen LogP contribution in [-0.2, 0) is 4.74 Å². The van der Waals surface area contributed by atoms with Crippen LogP contribution in [0.2, 0.25) is 0 Å². The fourth-order valence-electron chi connectivity index (χ4n) is 2.46. The molecule has 4 heteroatoms. The van der Waals surface area contributed by atoms with E-state index in [1.54, 1.807) is 4.90 Å². The molecule has 2 aliphatic rings. The molecule has 1 N–H and O–H groups in total. The van der Waals surface area contributed by atoms with Crippen molar-refractivity contribution in [1.29, 1.82) is 0 Å². The van der Waals surface area contributed by atoms with Crippen molar-refractivity contribution in [2.24, 2.45) is 5.92 Å². The Bertz CT molecular complexity index is 265. The molecule has 0 bridgehead atoms. The van der Waals surface area contributed by atoms with Crippen molar-refractivity contribution in [3.63, 3.8) is 0 Å². The maximum Gasteiger partial charge on any atom is 0.410 e. The number of likely N-dealkylation sites (tertiary alicyclic amines) is 1. The molecule has 1 saturated heterocycles. The molecule has 1 aliphatic heterocycles. The highest BCUT2D eigenvalue weighted by atomic mass is 16.6. The lowest BCUT2D eigenvalue weighted by Gasteiger charge is -2.45. The molecular formula is C11H19NO3. The first-order valence-corrected chi connectivity index (χ1v) is 5.56. The minimum absolute atomic E-state index is 0.0137. The molecule has 1 amide bonds. The number of carbonyl (C=O) groups is 1. The van der Waals surface area contributed by atoms with Crippen LogP contribution in [0.5, 0.6) is 0 Å². The van der Waals surface area contributed by atoms with Gasteiger partial charge in [0.2, 0.25) is 0 Å². The number of carbonyl (C=O) groups excluding carboxylic acids is 1. The van der Waals surface area contributed by atoms with Gasteiger partial charge in [0.1, 0.15) is 5.60 Å². The van der Waals surface area contributed by atoms with Gasteiger partial charge >= 0.3 is 6.09 Å². The number of hydrogen-bond donors (Lipinski definition) is 1. The summed E-state index contributed by atoms with van der Waals surface area (Å²) in [6, 6.07) is 0.0137. The molecule has 86 valence electrons. The van der Waals surface area contributed by atoms with E-state index in [0.717, 1.165) is 19.4 Å². The highest BCUT2D eigenvalue weighted by molar-refractivity contribution is 5.70. The van der Waals surface area contributed by atoms with Crippen molar-refractivity contribution in [3.8, 4) is 0 Å². The molecule has 0 radical (unpaired) electrons. The van der Waals surface area contributed by atoms with E-state index in [1.165, 1.54) is 0 Å². The van der Waals surface area contributed by atoms with Gasteiger partial charge in [0, 0.05) is 6.54 Å². The van der Waals surface area contributed by atoms with Gasteiger partial charge < -0.3 is 14.7 Å². The predicted molar refractivity (Wildman–Crippen MR) is 55.5 cm³/mol. The third-order valence-corrected chi connectivity index (χ3v) is 3.13. The largest absolute Gasteiger partial charge is 0.444 e. The number of ether oxygens (including phenoxy) is 1. The van der Waals surface area contributed by atoms with E-state index >= 15 is 0 Å². The number of rotatable bonds is 0. The van der Waals surface area contributed by atoms with E-state index in [0.29, 0.717) is 5.92 Å². The van der Waals surface area contributed by atoms with Gasteiger partial charge in [-0.2, -0.15) is 0 Å². The zero-order chi connectivity index (χ0) is 11.2. The average molecular weight is 213 g/mol. The third kappa shape index (κ3) is 1.95. The Hall–Kier alpha value is -0.770. The van der Waals surface area contributed by atoms with Crippen molar-refractivity contribution in [3.05, 3.63) is 0 Å². The van der Waals surface area contributed by atoms with Gasteiger partial charge in [-0.25, -0.2) is 4.79 Å². The Morgan fingerprint density at radius 1 is 1.40 bits per heavy atom. The van der Waals surface area contributed by atoms with Crippen LogP contribution in [0.3, 0.4) is 0 Å². The zero-order valence-electron chi connectivity index (χ0n) is 9.56. The summed E-state index contributed by atoms with van der Waals surface area (Å²) < 4.78 is 5.27. The molecule has 15 heavy (non-hydrogen) atoms. The summed E-state index contributed by atoms with van der Waals surface area (Å²) in [5, 5.41) is 9.69. The van der Waals surface area contributed by atoms with E-state index < -0.39 is 5.60 Å². The Labute approximate surface area is 90.2 Å². The van der Waals surface area contributed by atoms with Crippen LogP contribution >= 0.6 is 0 Å². The number of hydrogen-bond acceptors (Lipinski definition) is 3. The van der Waals surface area contributed by atoms with Crippen LogP contribution in [0.15, 0.2) is 0 Å². The second-order valence-corrected chi connectivity index (χ2v) is 5.53. The molecule has 0 aromatic heterocycles. The van der Waals surface area contributed by atoms with Crippen molar-refractivity contribution < 1.29 is 14.6 Å². The molecule has 0 aromatic rings. The monoisotopic (exact) mass is 213 g/mol. The molecule has 1 aliphatic carbocycles. The Balaban J connectivity index is 1.93. The van der Waals surface area contributed by atoms with Crippen molar-refractivity contribution in [1.82, 2.24) is 4.90 Å². The standard InChI is InChI=1S/C11H19NO3/c1-11(2,3)15-10(14)12-6-7-4-5-8(13)9(7)12/h7-9,13H,4-6H2,1-3H3/t7-,8-,9+/m1/s1. The summed E-state index contributed by atoms with van der Waals surface area (Å²) in [6.45, 7) is 6.31. The molecule has 2 fully saturated rings. The van der Waals surface area contributed by atoms with Crippen LogP contribution in [0.4, 0.5) is 4.79 Å². The number of nitrogens with zero attached hydrogens (tertiary/aromatic N) is 1. The summed E-state index contributed by atoms with van der Waals surface area (Å²) in [5.41, 5.74) is -0.453. The zero-order valence-corrected chi connectivity index (χ0v) is 9.56. The van der Waals surface area contributed by atoms with Crippen LogP contribution < -0.4 is 0 Å². The fourth-order valence-corrected chi connectivity index (χ4v) is 2.46. The highest BCUT2D eigenvalue weighted by Gasteiger charge is 2.50. The third-order valence-electron chi connectivity index (χ3n) is 3.13. The molecule has 0 aromatic carbocycles. The van der Waals surface area contributed by atoms with Gasteiger partial charge in [-0.15, -0.1) is 0 Å². The Morgan fingerprint density at radius 2 is 2.07 bits per heavy atom. The lowest BCUT2D eigenvalue weighted by atomic mass is 9.92. The smallest absolute Gasteiger partial charge is 0.410 e. The molecule has 4 nitrogen and oxygen atoms in total. The minimum Gasteiger partial charge on any atom is -0.444 e. The first kappa shape index (κ1) is 10.7. The van der Waals surface area contributed by atoms with Crippen LogP contribution in [0.1, 0.15) is 33.6 Å². The van der Waals surface area contributed by atoms with E-state index in [4.69, 9.17) is 4.74 Å². The minimum atomic E-state index is -0.453. The van der Waals surface area contributed by atoms with Gasteiger partial charge in [-0.1, -0.05) is 0 Å². The fraction of sp³-hybridized carbons (Fsp3) is 0.909. The second-order valence-electron chi connectivity index (χ2n) is 5.53. The lowest BCUT2D eigenvalue weighted by molar-refractivity contribution is -0.0477. The van der Waals surface area contributed by atoms with Crippen LogP contribution in [0, 0.1) is 5.92 Å². The summed E-state index contributed by atoms with van der Waals surface area (Å²) >= 11 is 0. The van der Waals surface area contributed by atoms with Gasteiger partial charge in [0.25, 0.3) is 0 Å². The van der Waals surface area contributed by atoms with Crippen molar-refractivity contribution >= 4 is 6.09 Å². The molecule has 3 atom stereocenters. The van der Waals surface area contributed by atoms with Gasteiger partial charge in [0.05, 0.1) is 12.1 Å². The summed E-state index contributed by atoms with van der Waals surface area (Å²) in [4.78, 5) is 13.4.